The van der Waals surface area contributed by atoms with E-state index in [4.69, 9.17) is 9.47 Å². The third-order valence-corrected chi connectivity index (χ3v) is 4.15. The Morgan fingerprint density at radius 1 is 1.16 bits per heavy atom. The molecule has 6 heteroatoms. The zero-order valence-corrected chi connectivity index (χ0v) is 16.4. The van der Waals surface area contributed by atoms with Crippen molar-refractivity contribution in [2.45, 2.75) is 13.5 Å². The van der Waals surface area contributed by atoms with E-state index < -0.39 is 0 Å². The molecule has 0 fully saturated rings. The van der Waals surface area contributed by atoms with Gasteiger partial charge in [0.25, 0.3) is 5.91 Å². The van der Waals surface area contributed by atoms with Crippen LogP contribution in [0.1, 0.15) is 12.5 Å². The molecule has 0 spiro atoms. The number of rotatable bonds is 8. The van der Waals surface area contributed by atoms with Crippen LogP contribution in [0.5, 0.6) is 11.5 Å². The lowest BCUT2D eigenvalue weighted by atomic mass is 10.2. The van der Waals surface area contributed by atoms with Gasteiger partial charge in [-0.05, 0) is 49.4 Å². The number of nitrogens with one attached hydrogen (secondary N) is 2. The van der Waals surface area contributed by atoms with Gasteiger partial charge in [-0.1, -0.05) is 15.9 Å². The number of anilines is 1. The lowest BCUT2D eigenvalue weighted by molar-refractivity contribution is -0.885. The fourth-order valence-electron chi connectivity index (χ4n) is 2.52. The van der Waals surface area contributed by atoms with Gasteiger partial charge in [0.05, 0.1) is 20.8 Å². The summed E-state index contributed by atoms with van der Waals surface area (Å²) in [4.78, 5) is 13.3. The molecular formula is C19H24BrN2O3+. The highest BCUT2D eigenvalue weighted by atomic mass is 79.9. The molecule has 0 aliphatic heterocycles. The summed E-state index contributed by atoms with van der Waals surface area (Å²) in [6, 6.07) is 13.4. The van der Waals surface area contributed by atoms with E-state index in [2.05, 4.69) is 21.2 Å². The van der Waals surface area contributed by atoms with Gasteiger partial charge < -0.3 is 19.7 Å². The molecule has 2 aromatic rings. The molecule has 0 saturated carbocycles. The predicted molar refractivity (Wildman–Crippen MR) is 102 cm³/mol. The van der Waals surface area contributed by atoms with Gasteiger partial charge in [0.1, 0.15) is 6.54 Å². The molecule has 1 atom stereocenters. The average Bonchev–Trinajstić information content (AvgIpc) is 2.58. The highest BCUT2D eigenvalue weighted by Gasteiger charge is 2.13. The number of ether oxygens (including phenoxy) is 2. The number of carbonyl (C=O) groups is 1. The summed E-state index contributed by atoms with van der Waals surface area (Å²) in [7, 11) is 3.62. The minimum absolute atomic E-state index is 0.0160. The maximum Gasteiger partial charge on any atom is 0.279 e. The van der Waals surface area contributed by atoms with E-state index in [1.54, 1.807) is 7.11 Å². The molecule has 134 valence electrons. The summed E-state index contributed by atoms with van der Waals surface area (Å²) in [5.41, 5.74) is 1.89. The molecule has 0 aromatic heterocycles. The Bertz CT molecular complexity index is 704. The molecule has 0 bridgehead atoms. The van der Waals surface area contributed by atoms with Gasteiger partial charge in [-0.2, -0.15) is 0 Å². The van der Waals surface area contributed by atoms with Crippen molar-refractivity contribution in [3.05, 3.63) is 52.5 Å². The van der Waals surface area contributed by atoms with Gasteiger partial charge in [-0.3, -0.25) is 4.79 Å². The molecule has 0 heterocycles. The van der Waals surface area contributed by atoms with Crippen LogP contribution in [0.4, 0.5) is 5.69 Å². The van der Waals surface area contributed by atoms with Gasteiger partial charge in [-0.15, -0.1) is 0 Å². The molecule has 0 radical (unpaired) electrons. The van der Waals surface area contributed by atoms with E-state index >= 15 is 0 Å². The van der Waals surface area contributed by atoms with E-state index in [0.717, 1.165) is 32.9 Å². The lowest BCUT2D eigenvalue weighted by Gasteiger charge is -2.15. The van der Waals surface area contributed by atoms with E-state index in [0.29, 0.717) is 18.9 Å². The van der Waals surface area contributed by atoms with Crippen LogP contribution in [0.2, 0.25) is 0 Å². The average molecular weight is 408 g/mol. The number of likely N-dealkylation sites (N-methyl/N-ethyl adjacent to an activating group) is 1. The van der Waals surface area contributed by atoms with Crippen LogP contribution >= 0.6 is 15.9 Å². The Balaban J connectivity index is 1.91. The molecular weight excluding hydrogens is 384 g/mol. The normalized spacial score (nSPS) is 11.7. The van der Waals surface area contributed by atoms with Crippen molar-refractivity contribution in [2.24, 2.45) is 0 Å². The number of hydrogen-bond donors (Lipinski definition) is 2. The first-order valence-electron chi connectivity index (χ1n) is 8.18. The topological polar surface area (TPSA) is 52.0 Å². The first-order chi connectivity index (χ1) is 12.0. The second-order valence-electron chi connectivity index (χ2n) is 5.78. The standard InChI is InChI=1S/C19H23BrN2O3/c1-4-25-17-10-5-14(11-18(17)24-3)12-22(2)13-19(23)21-16-8-6-15(20)7-9-16/h5-11H,4,12-13H2,1-3H3,(H,21,23)/p+1. The van der Waals surface area contributed by atoms with Crippen LogP contribution in [0, 0.1) is 0 Å². The molecule has 0 aliphatic carbocycles. The Labute approximate surface area is 157 Å². The number of quaternary nitrogens is 1. The zero-order valence-electron chi connectivity index (χ0n) is 14.8. The third kappa shape index (κ3) is 6.07. The summed E-state index contributed by atoms with van der Waals surface area (Å²) >= 11 is 3.38. The summed E-state index contributed by atoms with van der Waals surface area (Å²) in [6.07, 6.45) is 0. The molecule has 5 nitrogen and oxygen atoms in total. The quantitative estimate of drug-likeness (QED) is 0.706. The second-order valence-corrected chi connectivity index (χ2v) is 6.70. The maximum absolute atomic E-state index is 12.2. The fraction of sp³-hybridized carbons (Fsp3) is 0.316. The van der Waals surface area contributed by atoms with Crippen LogP contribution in [-0.4, -0.2) is 33.2 Å². The van der Waals surface area contributed by atoms with Crippen molar-refractivity contribution in [3.63, 3.8) is 0 Å². The van der Waals surface area contributed by atoms with Crippen molar-refractivity contribution in [1.82, 2.24) is 0 Å². The first kappa shape index (κ1) is 19.3. The molecule has 2 N–H and O–H groups in total. The van der Waals surface area contributed by atoms with Gasteiger partial charge in [0, 0.05) is 15.7 Å². The first-order valence-corrected chi connectivity index (χ1v) is 8.97. The number of hydrogen-bond acceptors (Lipinski definition) is 3. The highest BCUT2D eigenvalue weighted by molar-refractivity contribution is 9.10. The Kier molecular flexibility index (Phi) is 7.28. The van der Waals surface area contributed by atoms with E-state index in [-0.39, 0.29) is 5.91 Å². The molecule has 0 saturated heterocycles. The summed E-state index contributed by atoms with van der Waals surface area (Å²) in [5, 5.41) is 2.91. The number of benzene rings is 2. The van der Waals surface area contributed by atoms with E-state index in [1.807, 2.05) is 56.4 Å². The highest BCUT2D eigenvalue weighted by Crippen LogP contribution is 2.27. The van der Waals surface area contributed by atoms with Crippen LogP contribution in [0.25, 0.3) is 0 Å². The van der Waals surface area contributed by atoms with Crippen molar-refractivity contribution in [3.8, 4) is 11.5 Å². The summed E-state index contributed by atoms with van der Waals surface area (Å²) < 4.78 is 11.9. The molecule has 25 heavy (non-hydrogen) atoms. The van der Waals surface area contributed by atoms with Crippen LogP contribution in [0.15, 0.2) is 46.9 Å². The second kappa shape index (κ2) is 9.44. The van der Waals surface area contributed by atoms with Crippen molar-refractivity contribution in [1.29, 1.82) is 0 Å². The molecule has 1 unspecified atom stereocenters. The largest absolute Gasteiger partial charge is 0.493 e. The van der Waals surface area contributed by atoms with Gasteiger partial charge in [0.2, 0.25) is 0 Å². The summed E-state index contributed by atoms with van der Waals surface area (Å²) in [6.45, 7) is 3.63. The summed E-state index contributed by atoms with van der Waals surface area (Å²) in [5.74, 6) is 1.43. The Morgan fingerprint density at radius 3 is 2.52 bits per heavy atom. The SMILES string of the molecule is CCOc1ccc(C[NH+](C)CC(=O)Nc2ccc(Br)cc2)cc1OC. The minimum Gasteiger partial charge on any atom is -0.493 e. The Morgan fingerprint density at radius 2 is 1.88 bits per heavy atom. The molecule has 2 rings (SSSR count). The van der Waals surface area contributed by atoms with Crippen LogP contribution in [0.3, 0.4) is 0 Å². The van der Waals surface area contributed by atoms with Gasteiger partial charge >= 0.3 is 0 Å². The number of amides is 1. The van der Waals surface area contributed by atoms with Crippen LogP contribution in [-0.2, 0) is 11.3 Å². The fourth-order valence-corrected chi connectivity index (χ4v) is 2.78. The van der Waals surface area contributed by atoms with Crippen molar-refractivity contribution >= 4 is 27.5 Å². The molecule has 2 aromatic carbocycles. The van der Waals surface area contributed by atoms with Crippen molar-refractivity contribution in [2.75, 3.05) is 32.6 Å². The third-order valence-electron chi connectivity index (χ3n) is 3.62. The minimum atomic E-state index is -0.0160. The van der Waals surface area contributed by atoms with Gasteiger partial charge in [0.15, 0.2) is 18.0 Å². The number of carbonyl (C=O) groups excluding carboxylic acids is 1. The zero-order chi connectivity index (χ0) is 18.2. The van der Waals surface area contributed by atoms with E-state index in [9.17, 15) is 4.79 Å². The monoisotopic (exact) mass is 407 g/mol. The number of methoxy groups -OCH3 is 1. The van der Waals surface area contributed by atoms with Crippen LogP contribution < -0.4 is 19.7 Å². The Hall–Kier alpha value is -2.05. The smallest absolute Gasteiger partial charge is 0.279 e. The molecule has 0 aliphatic rings. The number of halogens is 1. The van der Waals surface area contributed by atoms with Gasteiger partial charge in [-0.25, -0.2) is 0 Å². The molecule has 1 amide bonds. The maximum atomic E-state index is 12.2. The lowest BCUT2D eigenvalue weighted by Crippen LogP contribution is -3.08. The predicted octanol–water partition coefficient (Wildman–Crippen LogP) is 2.51. The van der Waals surface area contributed by atoms with Crippen molar-refractivity contribution < 1.29 is 19.2 Å². The van der Waals surface area contributed by atoms with E-state index in [1.165, 1.54) is 0 Å².